The van der Waals surface area contributed by atoms with Crippen molar-refractivity contribution in [2.45, 2.75) is 0 Å². The van der Waals surface area contributed by atoms with Gasteiger partial charge in [0.1, 0.15) is 0 Å². The van der Waals surface area contributed by atoms with E-state index in [0.29, 0.717) is 16.1 Å². The van der Waals surface area contributed by atoms with Crippen molar-refractivity contribution in [2.24, 2.45) is 0 Å². The van der Waals surface area contributed by atoms with Crippen LogP contribution < -0.4 is 11.2 Å². The molecule has 0 saturated heterocycles. The van der Waals surface area contributed by atoms with E-state index in [1.807, 2.05) is 0 Å². The summed E-state index contributed by atoms with van der Waals surface area (Å²) in [6.45, 7) is 0. The Labute approximate surface area is 92.5 Å². The molecule has 0 saturated carbocycles. The minimum absolute atomic E-state index is 0.0415. The first-order valence-corrected chi connectivity index (χ1v) is 4.83. The summed E-state index contributed by atoms with van der Waals surface area (Å²) in [6, 6.07) is 4.87. The molecule has 0 spiro atoms. The summed E-state index contributed by atoms with van der Waals surface area (Å²) in [4.78, 5) is 25.7. The maximum atomic E-state index is 11.6. The normalized spacial score (nSPS) is 11.3. The molecule has 80 valence electrons. The SMILES string of the molecule is O=c1[nH]c2cc(Cl)ccc2n2c(=O)[nH]nc12. The summed E-state index contributed by atoms with van der Waals surface area (Å²) in [5.74, 6) is 0. The van der Waals surface area contributed by atoms with Crippen LogP contribution in [0.4, 0.5) is 0 Å². The number of aromatic nitrogens is 4. The van der Waals surface area contributed by atoms with Crippen LogP contribution in [-0.2, 0) is 0 Å². The number of aromatic amines is 2. The lowest BCUT2D eigenvalue weighted by atomic mass is 10.3. The fourth-order valence-corrected chi connectivity index (χ4v) is 1.83. The van der Waals surface area contributed by atoms with Crippen molar-refractivity contribution in [1.29, 1.82) is 0 Å². The van der Waals surface area contributed by atoms with Crippen LogP contribution in [0.25, 0.3) is 16.7 Å². The van der Waals surface area contributed by atoms with E-state index in [2.05, 4.69) is 15.2 Å². The Morgan fingerprint density at radius 3 is 2.94 bits per heavy atom. The molecule has 3 aromatic rings. The number of nitrogens with one attached hydrogen (secondary N) is 2. The molecule has 2 aromatic heterocycles. The van der Waals surface area contributed by atoms with Crippen molar-refractivity contribution in [1.82, 2.24) is 19.6 Å². The molecule has 2 heterocycles. The fourth-order valence-electron chi connectivity index (χ4n) is 1.65. The van der Waals surface area contributed by atoms with Crippen LogP contribution in [0, 0.1) is 0 Å². The van der Waals surface area contributed by atoms with Crippen molar-refractivity contribution in [3.05, 3.63) is 44.1 Å². The largest absolute Gasteiger partial charge is 0.348 e. The Kier molecular flexibility index (Phi) is 1.69. The molecule has 0 aliphatic rings. The van der Waals surface area contributed by atoms with Crippen molar-refractivity contribution in [3.63, 3.8) is 0 Å². The zero-order valence-electron chi connectivity index (χ0n) is 7.82. The first-order valence-electron chi connectivity index (χ1n) is 4.45. The summed E-state index contributed by atoms with van der Waals surface area (Å²) in [5.41, 5.74) is 0.201. The van der Waals surface area contributed by atoms with Crippen molar-refractivity contribution in [2.75, 3.05) is 0 Å². The van der Waals surface area contributed by atoms with E-state index in [4.69, 9.17) is 11.6 Å². The number of hydrogen-bond acceptors (Lipinski definition) is 3. The number of H-pyrrole nitrogens is 2. The number of rotatable bonds is 0. The maximum absolute atomic E-state index is 11.6. The predicted molar refractivity (Wildman–Crippen MR) is 58.9 cm³/mol. The molecule has 7 heteroatoms. The summed E-state index contributed by atoms with van der Waals surface area (Å²) < 4.78 is 1.21. The van der Waals surface area contributed by atoms with E-state index in [1.165, 1.54) is 4.40 Å². The molecule has 0 fully saturated rings. The van der Waals surface area contributed by atoms with Gasteiger partial charge < -0.3 is 4.98 Å². The summed E-state index contributed by atoms with van der Waals surface area (Å²) in [6.07, 6.45) is 0. The van der Waals surface area contributed by atoms with Crippen LogP contribution in [0.3, 0.4) is 0 Å². The number of hydrogen-bond donors (Lipinski definition) is 2. The molecule has 2 N–H and O–H groups in total. The van der Waals surface area contributed by atoms with E-state index in [9.17, 15) is 9.59 Å². The van der Waals surface area contributed by atoms with Crippen LogP contribution in [0.15, 0.2) is 27.8 Å². The third kappa shape index (κ3) is 1.10. The highest BCUT2D eigenvalue weighted by atomic mass is 35.5. The highest BCUT2D eigenvalue weighted by Gasteiger charge is 2.09. The molecule has 3 rings (SSSR count). The van der Waals surface area contributed by atoms with Crippen LogP contribution >= 0.6 is 11.6 Å². The van der Waals surface area contributed by atoms with Gasteiger partial charge in [-0.25, -0.2) is 14.3 Å². The molecule has 0 unspecified atom stereocenters. The number of benzene rings is 1. The topological polar surface area (TPSA) is 83.0 Å². The van der Waals surface area contributed by atoms with Gasteiger partial charge in [-0.3, -0.25) is 4.79 Å². The lowest BCUT2D eigenvalue weighted by molar-refractivity contribution is 1.04. The second-order valence-corrected chi connectivity index (χ2v) is 3.74. The smallest absolute Gasteiger partial charge is 0.317 e. The minimum Gasteiger partial charge on any atom is -0.317 e. The lowest BCUT2D eigenvalue weighted by Crippen LogP contribution is -2.16. The van der Waals surface area contributed by atoms with E-state index in [1.54, 1.807) is 18.2 Å². The van der Waals surface area contributed by atoms with Crippen LogP contribution in [-0.4, -0.2) is 19.6 Å². The molecule has 0 aliphatic heterocycles. The summed E-state index contributed by atoms with van der Waals surface area (Å²) >= 11 is 5.80. The first kappa shape index (κ1) is 9.17. The average Bonchev–Trinajstić information content (AvgIpc) is 2.61. The Morgan fingerprint density at radius 2 is 2.12 bits per heavy atom. The molecule has 0 atom stereocenters. The maximum Gasteiger partial charge on any atom is 0.348 e. The van der Waals surface area contributed by atoms with Crippen LogP contribution in [0.1, 0.15) is 0 Å². The van der Waals surface area contributed by atoms with Gasteiger partial charge in [0.25, 0.3) is 5.56 Å². The minimum atomic E-state index is -0.451. The van der Waals surface area contributed by atoms with Gasteiger partial charge in [-0.1, -0.05) is 11.6 Å². The van der Waals surface area contributed by atoms with Gasteiger partial charge in [0.05, 0.1) is 11.0 Å². The van der Waals surface area contributed by atoms with Crippen molar-refractivity contribution in [3.8, 4) is 0 Å². The molecule has 0 amide bonds. The molecule has 0 aliphatic carbocycles. The lowest BCUT2D eigenvalue weighted by Gasteiger charge is -2.00. The average molecular weight is 237 g/mol. The van der Waals surface area contributed by atoms with Gasteiger partial charge in [0, 0.05) is 5.02 Å². The monoisotopic (exact) mass is 236 g/mol. The standard InChI is InChI=1S/C9H5ClN4O2/c10-4-1-2-6-5(3-4)11-8(15)7-12-13-9(16)14(6)7/h1-3H,(H,11,15)(H,13,16). The Balaban J connectivity index is 2.73. The number of nitrogens with zero attached hydrogens (tertiary/aromatic N) is 2. The van der Waals surface area contributed by atoms with Gasteiger partial charge in [-0.15, -0.1) is 5.10 Å². The zero-order valence-corrected chi connectivity index (χ0v) is 8.58. The molecule has 0 radical (unpaired) electrons. The zero-order chi connectivity index (χ0) is 11.3. The summed E-state index contributed by atoms with van der Waals surface area (Å²) in [5, 5.41) is 6.35. The van der Waals surface area contributed by atoms with E-state index < -0.39 is 11.2 Å². The second-order valence-electron chi connectivity index (χ2n) is 3.30. The Morgan fingerprint density at radius 1 is 1.31 bits per heavy atom. The van der Waals surface area contributed by atoms with Gasteiger partial charge >= 0.3 is 5.69 Å². The van der Waals surface area contributed by atoms with E-state index >= 15 is 0 Å². The van der Waals surface area contributed by atoms with Crippen LogP contribution in [0.2, 0.25) is 5.02 Å². The molecule has 16 heavy (non-hydrogen) atoms. The molecule has 1 aromatic carbocycles. The first-order chi connectivity index (χ1) is 7.66. The number of halogens is 1. The Hall–Kier alpha value is -2.08. The van der Waals surface area contributed by atoms with Crippen molar-refractivity contribution < 1.29 is 0 Å². The van der Waals surface area contributed by atoms with Gasteiger partial charge in [0.2, 0.25) is 5.65 Å². The van der Waals surface area contributed by atoms with E-state index in [0.717, 1.165) is 0 Å². The summed E-state index contributed by atoms with van der Waals surface area (Å²) in [7, 11) is 0. The van der Waals surface area contributed by atoms with E-state index in [-0.39, 0.29) is 5.65 Å². The highest BCUT2D eigenvalue weighted by molar-refractivity contribution is 6.31. The third-order valence-corrected chi connectivity index (χ3v) is 2.56. The molecule has 6 nitrogen and oxygen atoms in total. The predicted octanol–water partition coefficient (Wildman–Crippen LogP) is 0.517. The fraction of sp³-hybridized carbons (Fsp3) is 0. The van der Waals surface area contributed by atoms with Crippen molar-refractivity contribution >= 4 is 28.3 Å². The van der Waals surface area contributed by atoms with Gasteiger partial charge in [0.15, 0.2) is 0 Å². The molecular weight excluding hydrogens is 232 g/mol. The quantitative estimate of drug-likeness (QED) is 0.597. The highest BCUT2D eigenvalue weighted by Crippen LogP contribution is 2.15. The van der Waals surface area contributed by atoms with Gasteiger partial charge in [-0.2, -0.15) is 0 Å². The van der Waals surface area contributed by atoms with Gasteiger partial charge in [-0.05, 0) is 18.2 Å². The molecule has 0 bridgehead atoms. The molecular formula is C9H5ClN4O2. The van der Waals surface area contributed by atoms with Crippen LogP contribution in [0.5, 0.6) is 0 Å². The number of fused-ring (bicyclic) bond motifs is 3. The third-order valence-electron chi connectivity index (χ3n) is 2.32. The second kappa shape index (κ2) is 2.96. The Bertz CT molecular complexity index is 814.